The van der Waals surface area contributed by atoms with Crippen LogP contribution >= 0.6 is 11.8 Å². The average molecular weight is 362 g/mol. The normalized spacial score (nSPS) is 15.2. The van der Waals surface area contributed by atoms with E-state index in [-0.39, 0.29) is 30.2 Å². The van der Waals surface area contributed by atoms with Gasteiger partial charge in [0.15, 0.2) is 5.17 Å². The van der Waals surface area contributed by atoms with Gasteiger partial charge in [-0.15, -0.1) is 0 Å². The second kappa shape index (κ2) is 9.61. The van der Waals surface area contributed by atoms with Gasteiger partial charge in [0, 0.05) is 6.04 Å². The standard InChI is InChI=1S/C19H27N3O2S/c1-4-5-6-7-15(3)21-17(23)13-25-19-20-12-18(24)22(19)16-10-8-14(2)9-11-16/h8-11,15H,4-7,12-13H2,1-3H3,(H,21,23)/t15-/m0/s1. The first-order chi connectivity index (χ1) is 12.0. The SMILES string of the molecule is CCCCC[C@H](C)NC(=O)CSC1=NCC(=O)N1c1ccc(C)cc1. The Morgan fingerprint density at radius 1 is 1.32 bits per heavy atom. The fraction of sp³-hybridized carbons (Fsp3) is 0.526. The van der Waals surface area contributed by atoms with Crippen LogP contribution in [0, 0.1) is 6.92 Å². The Balaban J connectivity index is 1.85. The number of amidine groups is 1. The molecule has 0 saturated carbocycles. The number of nitrogens with zero attached hydrogens (tertiary/aromatic N) is 2. The smallest absolute Gasteiger partial charge is 0.254 e. The van der Waals surface area contributed by atoms with Crippen LogP contribution in [0.3, 0.4) is 0 Å². The number of anilines is 1. The van der Waals surface area contributed by atoms with Gasteiger partial charge in [-0.3, -0.25) is 19.5 Å². The Labute approximate surface area is 154 Å². The molecule has 0 bridgehead atoms. The molecule has 25 heavy (non-hydrogen) atoms. The second-order valence-corrected chi connectivity index (χ2v) is 7.36. The quantitative estimate of drug-likeness (QED) is 0.721. The summed E-state index contributed by atoms with van der Waals surface area (Å²) in [5, 5.41) is 3.62. The van der Waals surface area contributed by atoms with Crippen LogP contribution in [0.1, 0.15) is 45.1 Å². The molecule has 136 valence electrons. The largest absolute Gasteiger partial charge is 0.353 e. The van der Waals surface area contributed by atoms with E-state index in [1.807, 2.05) is 38.1 Å². The average Bonchev–Trinajstić information content (AvgIpc) is 2.95. The summed E-state index contributed by atoms with van der Waals surface area (Å²) in [5.41, 5.74) is 1.94. The number of carbonyl (C=O) groups excluding carboxylic acids is 2. The minimum absolute atomic E-state index is 0.0140. The zero-order chi connectivity index (χ0) is 18.2. The Hall–Kier alpha value is -1.82. The number of carbonyl (C=O) groups is 2. The maximum Gasteiger partial charge on any atom is 0.254 e. The number of hydrogen-bond acceptors (Lipinski definition) is 4. The third-order valence-corrected chi connectivity index (χ3v) is 5.04. The van der Waals surface area contributed by atoms with Crippen LogP contribution in [0.4, 0.5) is 5.69 Å². The van der Waals surface area contributed by atoms with Crippen molar-refractivity contribution >= 4 is 34.4 Å². The van der Waals surface area contributed by atoms with E-state index in [9.17, 15) is 9.59 Å². The number of rotatable bonds is 8. The van der Waals surface area contributed by atoms with Gasteiger partial charge >= 0.3 is 0 Å². The van der Waals surface area contributed by atoms with Crippen LogP contribution in [0.25, 0.3) is 0 Å². The highest BCUT2D eigenvalue weighted by Gasteiger charge is 2.27. The highest BCUT2D eigenvalue weighted by atomic mass is 32.2. The lowest BCUT2D eigenvalue weighted by Gasteiger charge is -2.18. The van der Waals surface area contributed by atoms with E-state index >= 15 is 0 Å². The molecule has 1 aromatic rings. The molecule has 2 rings (SSSR count). The monoisotopic (exact) mass is 361 g/mol. The molecule has 0 unspecified atom stereocenters. The molecule has 1 N–H and O–H groups in total. The van der Waals surface area contributed by atoms with E-state index in [0.717, 1.165) is 24.1 Å². The van der Waals surface area contributed by atoms with E-state index < -0.39 is 0 Å². The fourth-order valence-electron chi connectivity index (χ4n) is 2.66. The maximum atomic E-state index is 12.1. The first kappa shape index (κ1) is 19.5. The molecule has 1 heterocycles. The van der Waals surface area contributed by atoms with Crippen molar-refractivity contribution in [2.24, 2.45) is 4.99 Å². The summed E-state index contributed by atoms with van der Waals surface area (Å²) in [6.07, 6.45) is 4.51. The summed E-state index contributed by atoms with van der Waals surface area (Å²) in [6, 6.07) is 7.93. The second-order valence-electron chi connectivity index (χ2n) is 6.42. The summed E-state index contributed by atoms with van der Waals surface area (Å²) in [6.45, 7) is 6.35. The Morgan fingerprint density at radius 2 is 2.04 bits per heavy atom. The molecule has 0 fully saturated rings. The molecule has 1 aromatic carbocycles. The molecule has 2 amide bonds. The first-order valence-corrected chi connectivity index (χ1v) is 9.86. The topological polar surface area (TPSA) is 61.8 Å². The lowest BCUT2D eigenvalue weighted by atomic mass is 10.1. The minimum Gasteiger partial charge on any atom is -0.353 e. The maximum absolute atomic E-state index is 12.1. The van der Waals surface area contributed by atoms with E-state index in [0.29, 0.717) is 5.17 Å². The Kier molecular flexibility index (Phi) is 7.50. The lowest BCUT2D eigenvalue weighted by molar-refractivity contribution is -0.119. The molecule has 5 nitrogen and oxygen atoms in total. The highest BCUT2D eigenvalue weighted by Crippen LogP contribution is 2.24. The minimum atomic E-state index is -0.0558. The summed E-state index contributed by atoms with van der Waals surface area (Å²) < 4.78 is 0. The zero-order valence-electron chi connectivity index (χ0n) is 15.2. The molecular weight excluding hydrogens is 334 g/mol. The van der Waals surface area contributed by atoms with Crippen LogP contribution in [-0.2, 0) is 9.59 Å². The van der Waals surface area contributed by atoms with Gasteiger partial charge in [-0.1, -0.05) is 55.6 Å². The summed E-state index contributed by atoms with van der Waals surface area (Å²) in [7, 11) is 0. The van der Waals surface area contributed by atoms with Gasteiger partial charge in [0.1, 0.15) is 6.54 Å². The molecule has 1 aliphatic heterocycles. The van der Waals surface area contributed by atoms with Crippen LogP contribution < -0.4 is 10.2 Å². The zero-order valence-corrected chi connectivity index (χ0v) is 16.1. The number of thioether (sulfide) groups is 1. The van der Waals surface area contributed by atoms with Crippen molar-refractivity contribution in [1.82, 2.24) is 5.32 Å². The molecule has 0 radical (unpaired) electrons. The van der Waals surface area contributed by atoms with Gasteiger partial charge in [0.25, 0.3) is 5.91 Å². The van der Waals surface area contributed by atoms with Crippen molar-refractivity contribution in [3.8, 4) is 0 Å². The van der Waals surface area contributed by atoms with E-state index in [2.05, 4.69) is 17.2 Å². The lowest BCUT2D eigenvalue weighted by Crippen LogP contribution is -2.35. The van der Waals surface area contributed by atoms with Crippen LogP contribution in [-0.4, -0.2) is 35.3 Å². The van der Waals surface area contributed by atoms with E-state index in [1.165, 1.54) is 24.6 Å². The molecule has 0 aromatic heterocycles. The van der Waals surface area contributed by atoms with Crippen molar-refractivity contribution in [1.29, 1.82) is 0 Å². The number of aliphatic imine (C=N–C) groups is 1. The number of amides is 2. The van der Waals surface area contributed by atoms with Crippen LogP contribution in [0.5, 0.6) is 0 Å². The van der Waals surface area contributed by atoms with Gasteiger partial charge in [-0.05, 0) is 32.4 Å². The molecule has 6 heteroatoms. The highest BCUT2D eigenvalue weighted by molar-refractivity contribution is 8.14. The molecule has 0 saturated heterocycles. The van der Waals surface area contributed by atoms with Gasteiger partial charge in [0.2, 0.25) is 5.91 Å². The molecule has 1 aliphatic rings. The summed E-state index contributed by atoms with van der Waals surface area (Å²) in [4.78, 5) is 30.1. The van der Waals surface area contributed by atoms with Crippen molar-refractivity contribution < 1.29 is 9.59 Å². The third-order valence-electron chi connectivity index (χ3n) is 4.06. The van der Waals surface area contributed by atoms with Crippen molar-refractivity contribution in [2.75, 3.05) is 17.2 Å². The van der Waals surface area contributed by atoms with E-state index in [4.69, 9.17) is 0 Å². The third kappa shape index (κ3) is 5.88. The number of benzene rings is 1. The predicted molar refractivity (Wildman–Crippen MR) is 105 cm³/mol. The summed E-state index contributed by atoms with van der Waals surface area (Å²) >= 11 is 1.32. The van der Waals surface area contributed by atoms with Gasteiger partial charge < -0.3 is 5.32 Å². The van der Waals surface area contributed by atoms with Gasteiger partial charge in [-0.2, -0.15) is 0 Å². The molecular formula is C19H27N3O2S. The van der Waals surface area contributed by atoms with Crippen molar-refractivity contribution in [3.05, 3.63) is 29.8 Å². The fourth-order valence-corrected chi connectivity index (χ4v) is 3.50. The van der Waals surface area contributed by atoms with Crippen LogP contribution in [0.15, 0.2) is 29.3 Å². The molecule has 1 atom stereocenters. The van der Waals surface area contributed by atoms with Crippen LogP contribution in [0.2, 0.25) is 0 Å². The Bertz CT molecular complexity index is 628. The number of aryl methyl sites for hydroxylation is 1. The van der Waals surface area contributed by atoms with E-state index in [1.54, 1.807) is 4.90 Å². The number of hydrogen-bond donors (Lipinski definition) is 1. The van der Waals surface area contributed by atoms with Gasteiger partial charge in [-0.25, -0.2) is 0 Å². The molecule has 0 aliphatic carbocycles. The van der Waals surface area contributed by atoms with Crippen molar-refractivity contribution in [3.63, 3.8) is 0 Å². The first-order valence-electron chi connectivity index (χ1n) is 8.87. The summed E-state index contributed by atoms with van der Waals surface area (Å²) in [5.74, 6) is 0.201. The van der Waals surface area contributed by atoms with Gasteiger partial charge in [0.05, 0.1) is 11.4 Å². The number of nitrogens with one attached hydrogen (secondary N) is 1. The Morgan fingerprint density at radius 3 is 2.72 bits per heavy atom. The predicted octanol–water partition coefficient (Wildman–Crippen LogP) is 3.52. The van der Waals surface area contributed by atoms with Crippen molar-refractivity contribution in [2.45, 2.75) is 52.5 Å². The number of unbranched alkanes of at least 4 members (excludes halogenated alkanes) is 2. The molecule has 0 spiro atoms.